The third-order valence-corrected chi connectivity index (χ3v) is 4.71. The number of rotatable bonds is 6. The minimum Gasteiger partial charge on any atom is -0.374 e. The molecule has 19 heavy (non-hydrogen) atoms. The molecule has 0 amide bonds. The molecule has 0 bridgehead atoms. The molecule has 0 saturated carbocycles. The topological polar surface area (TPSA) is 41.1 Å². The Morgan fingerprint density at radius 1 is 1.32 bits per heavy atom. The summed E-state index contributed by atoms with van der Waals surface area (Å²) in [6.07, 6.45) is 6.53. The van der Waals surface area contributed by atoms with Crippen LogP contribution in [0.15, 0.2) is 0 Å². The third-order valence-electron chi connectivity index (χ3n) is 3.98. The second-order valence-electron chi connectivity index (χ2n) is 5.46. The predicted molar refractivity (Wildman–Crippen MR) is 81.6 cm³/mol. The molecule has 0 aliphatic carbocycles. The maximum absolute atomic E-state index is 4.30. The Bertz CT molecular complexity index is 366. The average Bonchev–Trinajstić information content (AvgIpc) is 2.73. The summed E-state index contributed by atoms with van der Waals surface area (Å²) in [5.41, 5.74) is 1.13. The van der Waals surface area contributed by atoms with Crippen molar-refractivity contribution in [3.63, 3.8) is 0 Å². The van der Waals surface area contributed by atoms with Crippen LogP contribution in [0.1, 0.15) is 51.6 Å². The lowest BCUT2D eigenvalue weighted by Gasteiger charge is -2.19. The Kier molecular flexibility index (Phi) is 6.04. The lowest BCUT2D eigenvalue weighted by Crippen LogP contribution is -2.25. The summed E-state index contributed by atoms with van der Waals surface area (Å²) < 4.78 is 4.10. The van der Waals surface area contributed by atoms with Gasteiger partial charge in [0.2, 0.25) is 0 Å². The Morgan fingerprint density at radius 3 is 3.00 bits per heavy atom. The van der Waals surface area contributed by atoms with Crippen LogP contribution >= 0.6 is 11.5 Å². The van der Waals surface area contributed by atoms with Gasteiger partial charge in [-0.05, 0) is 44.7 Å². The normalized spacial score (nSPS) is 21.3. The van der Waals surface area contributed by atoms with Gasteiger partial charge < -0.3 is 5.32 Å². The quantitative estimate of drug-likeness (QED) is 0.868. The van der Waals surface area contributed by atoms with Crippen molar-refractivity contribution in [2.45, 2.75) is 52.5 Å². The Labute approximate surface area is 120 Å². The van der Waals surface area contributed by atoms with E-state index in [4.69, 9.17) is 0 Å². The first-order valence-corrected chi connectivity index (χ1v) is 8.38. The van der Waals surface area contributed by atoms with Gasteiger partial charge in [0.05, 0.1) is 0 Å². The first kappa shape index (κ1) is 14.7. The van der Waals surface area contributed by atoms with Gasteiger partial charge in [0.1, 0.15) is 10.7 Å². The lowest BCUT2D eigenvalue weighted by atomic mass is 9.98. The molecule has 5 heteroatoms. The van der Waals surface area contributed by atoms with E-state index in [0.29, 0.717) is 0 Å². The smallest absolute Gasteiger partial charge is 0.134 e. The van der Waals surface area contributed by atoms with E-state index in [2.05, 4.69) is 33.7 Å². The summed E-state index contributed by atoms with van der Waals surface area (Å²) in [4.78, 5) is 2.55. The first-order chi connectivity index (χ1) is 9.33. The number of likely N-dealkylation sites (tertiary alicyclic amines) is 1. The maximum atomic E-state index is 4.30. The highest BCUT2D eigenvalue weighted by Crippen LogP contribution is 2.24. The molecule has 1 aromatic rings. The Hall–Kier alpha value is -0.680. The van der Waals surface area contributed by atoms with Crippen LogP contribution in [-0.2, 0) is 6.54 Å². The van der Waals surface area contributed by atoms with Crippen LogP contribution in [0.3, 0.4) is 0 Å². The summed E-state index contributed by atoms with van der Waals surface area (Å²) in [7, 11) is 0. The van der Waals surface area contributed by atoms with Crippen LogP contribution in [0.5, 0.6) is 0 Å². The SMILES string of the molecule is CCCNc1snnc1CN1CCCC(CC)CC1. The van der Waals surface area contributed by atoms with Crippen molar-refractivity contribution < 1.29 is 0 Å². The number of anilines is 1. The van der Waals surface area contributed by atoms with Crippen LogP contribution in [-0.4, -0.2) is 34.1 Å². The monoisotopic (exact) mass is 282 g/mol. The van der Waals surface area contributed by atoms with Gasteiger partial charge in [-0.1, -0.05) is 24.8 Å². The van der Waals surface area contributed by atoms with E-state index in [1.807, 2.05) is 0 Å². The molecule has 1 aliphatic rings. The first-order valence-electron chi connectivity index (χ1n) is 7.61. The number of aromatic nitrogens is 2. The standard InChI is InChI=1S/C14H26N4S/c1-3-8-15-14-13(16-17-19-14)11-18-9-5-6-12(4-2)7-10-18/h12,15H,3-11H2,1-2H3. The molecule has 0 radical (unpaired) electrons. The second kappa shape index (κ2) is 7.80. The molecule has 108 valence electrons. The van der Waals surface area contributed by atoms with Gasteiger partial charge in [0.25, 0.3) is 0 Å². The lowest BCUT2D eigenvalue weighted by molar-refractivity contribution is 0.269. The van der Waals surface area contributed by atoms with E-state index in [-0.39, 0.29) is 0 Å². The summed E-state index contributed by atoms with van der Waals surface area (Å²) in [5, 5.41) is 8.90. The number of hydrogen-bond acceptors (Lipinski definition) is 5. The molecule has 1 aliphatic heterocycles. The molecule has 0 aromatic carbocycles. The van der Waals surface area contributed by atoms with Gasteiger partial charge in [-0.15, -0.1) is 5.10 Å². The van der Waals surface area contributed by atoms with E-state index < -0.39 is 0 Å². The van der Waals surface area contributed by atoms with Gasteiger partial charge in [0.15, 0.2) is 0 Å². The van der Waals surface area contributed by atoms with E-state index >= 15 is 0 Å². The Morgan fingerprint density at radius 2 is 2.21 bits per heavy atom. The van der Waals surface area contributed by atoms with E-state index in [1.54, 1.807) is 0 Å². The zero-order chi connectivity index (χ0) is 13.5. The van der Waals surface area contributed by atoms with Gasteiger partial charge in [0, 0.05) is 24.6 Å². The van der Waals surface area contributed by atoms with Crippen molar-refractivity contribution in [1.82, 2.24) is 14.5 Å². The highest BCUT2D eigenvalue weighted by Gasteiger charge is 2.18. The summed E-state index contributed by atoms with van der Waals surface area (Å²) in [6, 6.07) is 0. The molecule has 2 rings (SSSR count). The van der Waals surface area contributed by atoms with Crippen molar-refractivity contribution >= 4 is 16.5 Å². The summed E-state index contributed by atoms with van der Waals surface area (Å²) in [6.45, 7) is 8.89. The van der Waals surface area contributed by atoms with Gasteiger partial charge in [-0.2, -0.15) is 0 Å². The number of nitrogens with one attached hydrogen (secondary N) is 1. The minimum atomic E-state index is 0.927. The average molecular weight is 282 g/mol. The summed E-state index contributed by atoms with van der Waals surface area (Å²) in [5.74, 6) is 0.927. The molecule has 0 spiro atoms. The molecular formula is C14H26N4S. The molecular weight excluding hydrogens is 256 g/mol. The van der Waals surface area contributed by atoms with E-state index in [0.717, 1.165) is 36.1 Å². The zero-order valence-electron chi connectivity index (χ0n) is 12.2. The minimum absolute atomic E-state index is 0.927. The predicted octanol–water partition coefficient (Wildman–Crippen LogP) is 3.37. The van der Waals surface area contributed by atoms with E-state index in [9.17, 15) is 0 Å². The molecule has 1 fully saturated rings. The maximum Gasteiger partial charge on any atom is 0.134 e. The molecule has 1 saturated heterocycles. The number of hydrogen-bond donors (Lipinski definition) is 1. The molecule has 1 aromatic heterocycles. The van der Waals surface area contributed by atoms with Crippen molar-refractivity contribution in [3.05, 3.63) is 5.69 Å². The fourth-order valence-electron chi connectivity index (χ4n) is 2.69. The van der Waals surface area contributed by atoms with Crippen molar-refractivity contribution in [2.24, 2.45) is 5.92 Å². The Balaban J connectivity index is 1.88. The fourth-order valence-corrected chi connectivity index (χ4v) is 3.29. The van der Waals surface area contributed by atoms with Crippen molar-refractivity contribution in [3.8, 4) is 0 Å². The van der Waals surface area contributed by atoms with Gasteiger partial charge >= 0.3 is 0 Å². The molecule has 4 nitrogen and oxygen atoms in total. The van der Waals surface area contributed by atoms with Crippen LogP contribution in [0.4, 0.5) is 5.00 Å². The molecule has 1 N–H and O–H groups in total. The highest BCUT2D eigenvalue weighted by atomic mass is 32.1. The third kappa shape index (κ3) is 4.42. The fraction of sp³-hybridized carbons (Fsp3) is 0.857. The summed E-state index contributed by atoms with van der Waals surface area (Å²) >= 11 is 1.49. The second-order valence-corrected chi connectivity index (χ2v) is 6.21. The van der Waals surface area contributed by atoms with Crippen LogP contribution in [0.2, 0.25) is 0 Å². The van der Waals surface area contributed by atoms with E-state index in [1.165, 1.54) is 50.3 Å². The largest absolute Gasteiger partial charge is 0.374 e. The zero-order valence-corrected chi connectivity index (χ0v) is 13.0. The molecule has 2 heterocycles. The number of nitrogens with zero attached hydrogens (tertiary/aromatic N) is 3. The van der Waals surface area contributed by atoms with Gasteiger partial charge in [-0.3, -0.25) is 4.90 Å². The van der Waals surface area contributed by atoms with Crippen LogP contribution < -0.4 is 5.32 Å². The van der Waals surface area contributed by atoms with Crippen molar-refractivity contribution in [2.75, 3.05) is 25.0 Å². The van der Waals surface area contributed by atoms with Crippen LogP contribution in [0, 0.1) is 5.92 Å². The molecule has 1 unspecified atom stereocenters. The van der Waals surface area contributed by atoms with Crippen molar-refractivity contribution in [1.29, 1.82) is 0 Å². The van der Waals surface area contributed by atoms with Crippen LogP contribution in [0.25, 0.3) is 0 Å². The van der Waals surface area contributed by atoms with Gasteiger partial charge in [-0.25, -0.2) is 0 Å². The highest BCUT2D eigenvalue weighted by molar-refractivity contribution is 7.10. The molecule has 1 atom stereocenters.